The molecular weight excluding hydrogens is 350 g/mol. The van der Waals surface area contributed by atoms with E-state index in [-0.39, 0.29) is 18.4 Å². The zero-order chi connectivity index (χ0) is 19.6. The van der Waals surface area contributed by atoms with E-state index in [2.05, 4.69) is 10.6 Å². The van der Waals surface area contributed by atoms with E-state index in [1.54, 1.807) is 18.2 Å². The van der Waals surface area contributed by atoms with Gasteiger partial charge in [-0.3, -0.25) is 14.5 Å². The van der Waals surface area contributed by atoms with E-state index in [4.69, 9.17) is 9.47 Å². The molecule has 1 saturated carbocycles. The number of rotatable bonds is 5. The third-order valence-electron chi connectivity index (χ3n) is 5.48. The van der Waals surface area contributed by atoms with Gasteiger partial charge >= 0.3 is 6.03 Å². The zero-order valence-corrected chi connectivity index (χ0v) is 15.8. The Morgan fingerprint density at radius 3 is 2.74 bits per heavy atom. The van der Waals surface area contributed by atoms with Crippen LogP contribution < -0.4 is 20.1 Å². The molecular formula is C19H25N3O5. The van der Waals surface area contributed by atoms with E-state index in [0.29, 0.717) is 23.6 Å². The lowest BCUT2D eigenvalue weighted by Crippen LogP contribution is -2.54. The van der Waals surface area contributed by atoms with E-state index < -0.39 is 17.5 Å². The van der Waals surface area contributed by atoms with Crippen LogP contribution >= 0.6 is 0 Å². The lowest BCUT2D eigenvalue weighted by Gasteiger charge is -2.36. The number of methoxy groups -OCH3 is 2. The van der Waals surface area contributed by atoms with E-state index >= 15 is 0 Å². The molecule has 0 aromatic heterocycles. The molecule has 1 aliphatic carbocycles. The molecule has 1 spiro atoms. The quantitative estimate of drug-likeness (QED) is 0.769. The summed E-state index contributed by atoms with van der Waals surface area (Å²) in [5.41, 5.74) is -0.460. The number of carbonyl (C=O) groups is 3. The largest absolute Gasteiger partial charge is 0.497 e. The van der Waals surface area contributed by atoms with Crippen molar-refractivity contribution in [3.8, 4) is 11.5 Å². The van der Waals surface area contributed by atoms with Gasteiger partial charge in [-0.15, -0.1) is 0 Å². The fourth-order valence-electron chi connectivity index (χ4n) is 3.88. The molecule has 27 heavy (non-hydrogen) atoms. The van der Waals surface area contributed by atoms with Crippen molar-refractivity contribution in [2.24, 2.45) is 5.92 Å². The van der Waals surface area contributed by atoms with Gasteiger partial charge in [-0.05, 0) is 30.9 Å². The van der Waals surface area contributed by atoms with Gasteiger partial charge in [-0.25, -0.2) is 4.79 Å². The predicted molar refractivity (Wildman–Crippen MR) is 98.8 cm³/mol. The van der Waals surface area contributed by atoms with Gasteiger partial charge in [0.1, 0.15) is 23.6 Å². The molecule has 146 valence electrons. The molecule has 2 aliphatic rings. The van der Waals surface area contributed by atoms with Gasteiger partial charge in [0.15, 0.2) is 0 Å². The Morgan fingerprint density at radius 1 is 1.30 bits per heavy atom. The maximum Gasteiger partial charge on any atom is 0.325 e. The van der Waals surface area contributed by atoms with Crippen molar-refractivity contribution in [3.05, 3.63) is 18.2 Å². The average molecular weight is 375 g/mol. The molecule has 1 heterocycles. The van der Waals surface area contributed by atoms with Crippen molar-refractivity contribution in [1.82, 2.24) is 10.2 Å². The van der Waals surface area contributed by atoms with Crippen molar-refractivity contribution in [3.63, 3.8) is 0 Å². The van der Waals surface area contributed by atoms with Crippen molar-refractivity contribution in [1.29, 1.82) is 0 Å². The first kappa shape index (κ1) is 19.0. The summed E-state index contributed by atoms with van der Waals surface area (Å²) < 4.78 is 10.4. The van der Waals surface area contributed by atoms with E-state index in [9.17, 15) is 14.4 Å². The summed E-state index contributed by atoms with van der Waals surface area (Å²) in [6.45, 7) is 1.63. The van der Waals surface area contributed by atoms with Crippen LogP contribution in [0.5, 0.6) is 11.5 Å². The molecule has 1 aromatic carbocycles. The number of hydrogen-bond donors (Lipinski definition) is 2. The van der Waals surface area contributed by atoms with Crippen molar-refractivity contribution < 1.29 is 23.9 Å². The fraction of sp³-hybridized carbons (Fsp3) is 0.526. The van der Waals surface area contributed by atoms with Crippen molar-refractivity contribution >= 4 is 23.5 Å². The van der Waals surface area contributed by atoms with E-state index in [0.717, 1.165) is 24.2 Å². The topological polar surface area (TPSA) is 97.0 Å². The Kier molecular flexibility index (Phi) is 5.25. The van der Waals surface area contributed by atoms with Crippen LogP contribution in [-0.4, -0.2) is 49.0 Å². The normalized spacial score (nSPS) is 24.7. The van der Waals surface area contributed by atoms with Crippen LogP contribution in [-0.2, 0) is 9.59 Å². The summed E-state index contributed by atoms with van der Waals surface area (Å²) in [7, 11) is 3.01. The Hall–Kier alpha value is -2.77. The number of urea groups is 1. The standard InChI is InChI=1S/C19H25N3O5/c1-12-6-4-5-9-19(12)17(24)22(18(25)21-19)11-16(23)20-14-10-13(26-2)7-8-15(14)27-3/h7-8,10,12H,4-6,9,11H2,1-3H3,(H,20,23)(H,21,25)/t12-,19-/m1/s1. The summed E-state index contributed by atoms with van der Waals surface area (Å²) in [5, 5.41) is 5.53. The number of carbonyl (C=O) groups excluding carboxylic acids is 3. The minimum Gasteiger partial charge on any atom is -0.497 e. The van der Waals surface area contributed by atoms with Crippen LogP contribution in [0.3, 0.4) is 0 Å². The van der Waals surface area contributed by atoms with Gasteiger partial charge < -0.3 is 20.1 Å². The monoisotopic (exact) mass is 375 g/mol. The minimum absolute atomic E-state index is 0.0502. The lowest BCUT2D eigenvalue weighted by molar-refractivity contribution is -0.136. The summed E-state index contributed by atoms with van der Waals surface area (Å²) in [4.78, 5) is 38.8. The van der Waals surface area contributed by atoms with Crippen LogP contribution in [0.15, 0.2) is 18.2 Å². The fourth-order valence-corrected chi connectivity index (χ4v) is 3.88. The number of anilines is 1. The summed E-state index contributed by atoms with van der Waals surface area (Å²) >= 11 is 0. The van der Waals surface area contributed by atoms with Crippen molar-refractivity contribution in [2.75, 3.05) is 26.1 Å². The second-order valence-electron chi connectivity index (χ2n) is 7.05. The summed E-state index contributed by atoms with van der Waals surface area (Å²) in [6.07, 6.45) is 3.42. The highest BCUT2D eigenvalue weighted by molar-refractivity contribution is 6.10. The van der Waals surface area contributed by atoms with Gasteiger partial charge in [-0.1, -0.05) is 19.8 Å². The maximum absolute atomic E-state index is 12.9. The Labute approximate surface area is 158 Å². The molecule has 2 fully saturated rings. The smallest absolute Gasteiger partial charge is 0.325 e. The molecule has 4 amide bonds. The highest BCUT2D eigenvalue weighted by Crippen LogP contribution is 2.38. The highest BCUT2D eigenvalue weighted by atomic mass is 16.5. The number of ether oxygens (including phenoxy) is 2. The first-order valence-corrected chi connectivity index (χ1v) is 9.07. The number of nitrogens with one attached hydrogen (secondary N) is 2. The molecule has 0 radical (unpaired) electrons. The molecule has 8 heteroatoms. The number of benzene rings is 1. The third-order valence-corrected chi connectivity index (χ3v) is 5.48. The van der Waals surface area contributed by atoms with Crippen LogP contribution in [0.2, 0.25) is 0 Å². The molecule has 1 saturated heterocycles. The molecule has 1 aliphatic heterocycles. The number of amides is 4. The summed E-state index contributed by atoms with van der Waals surface area (Å²) in [6, 6.07) is 4.48. The molecule has 3 rings (SSSR count). The van der Waals surface area contributed by atoms with Gasteiger partial charge in [-0.2, -0.15) is 0 Å². The Morgan fingerprint density at radius 2 is 2.07 bits per heavy atom. The second-order valence-corrected chi connectivity index (χ2v) is 7.05. The maximum atomic E-state index is 12.9. The molecule has 2 N–H and O–H groups in total. The van der Waals surface area contributed by atoms with Crippen LogP contribution in [0.25, 0.3) is 0 Å². The van der Waals surface area contributed by atoms with Crippen LogP contribution in [0.4, 0.5) is 10.5 Å². The van der Waals surface area contributed by atoms with Gasteiger partial charge in [0.05, 0.1) is 19.9 Å². The number of imide groups is 1. The Bertz CT molecular complexity index is 766. The zero-order valence-electron chi connectivity index (χ0n) is 15.8. The highest BCUT2D eigenvalue weighted by Gasteiger charge is 2.55. The molecule has 0 unspecified atom stereocenters. The second kappa shape index (κ2) is 7.46. The van der Waals surface area contributed by atoms with Crippen LogP contribution in [0.1, 0.15) is 32.6 Å². The average Bonchev–Trinajstić information content (AvgIpc) is 2.89. The minimum atomic E-state index is -0.872. The number of nitrogens with zero attached hydrogens (tertiary/aromatic N) is 1. The van der Waals surface area contributed by atoms with Gasteiger partial charge in [0.25, 0.3) is 5.91 Å². The van der Waals surface area contributed by atoms with Gasteiger partial charge in [0, 0.05) is 6.07 Å². The SMILES string of the molecule is COc1ccc(OC)c(NC(=O)CN2C(=O)N[C@@]3(CCCC[C@H]3C)C2=O)c1. The van der Waals surface area contributed by atoms with Gasteiger partial charge in [0.2, 0.25) is 5.91 Å². The first-order chi connectivity index (χ1) is 12.9. The predicted octanol–water partition coefficient (Wildman–Crippen LogP) is 2.14. The third kappa shape index (κ3) is 3.43. The van der Waals surface area contributed by atoms with E-state index in [1.807, 2.05) is 6.92 Å². The molecule has 0 bridgehead atoms. The molecule has 1 aromatic rings. The molecule has 2 atom stereocenters. The van der Waals surface area contributed by atoms with Crippen molar-refractivity contribution in [2.45, 2.75) is 38.1 Å². The number of hydrogen-bond acceptors (Lipinski definition) is 5. The Balaban J connectivity index is 1.73. The van der Waals surface area contributed by atoms with Crippen LogP contribution in [0, 0.1) is 5.92 Å². The lowest BCUT2D eigenvalue weighted by atomic mass is 9.73. The van der Waals surface area contributed by atoms with E-state index in [1.165, 1.54) is 14.2 Å². The summed E-state index contributed by atoms with van der Waals surface area (Å²) in [5.74, 6) is 0.266. The molecule has 8 nitrogen and oxygen atoms in total. The first-order valence-electron chi connectivity index (χ1n) is 9.07.